The number of carbonyl (C=O) groups excluding carboxylic acids is 1. The lowest BCUT2D eigenvalue weighted by molar-refractivity contribution is -0.141. The zero-order valence-electron chi connectivity index (χ0n) is 17.0. The minimum atomic E-state index is -4.60. The van der Waals surface area contributed by atoms with Gasteiger partial charge in [0.05, 0.1) is 17.9 Å². The van der Waals surface area contributed by atoms with Gasteiger partial charge in [0.2, 0.25) is 0 Å². The van der Waals surface area contributed by atoms with E-state index in [1.54, 1.807) is 23.1 Å². The Kier molecular flexibility index (Phi) is 6.27. The van der Waals surface area contributed by atoms with Crippen LogP contribution in [0.15, 0.2) is 60.7 Å². The van der Waals surface area contributed by atoms with Gasteiger partial charge in [-0.15, -0.1) is 0 Å². The molecule has 0 radical (unpaired) electrons. The predicted molar refractivity (Wildman–Crippen MR) is 116 cm³/mol. The summed E-state index contributed by atoms with van der Waals surface area (Å²) in [6.45, 7) is 2.28. The molecule has 10 heteroatoms. The molecule has 3 aromatic rings. The van der Waals surface area contributed by atoms with Gasteiger partial charge in [-0.3, -0.25) is 0 Å². The lowest BCUT2D eigenvalue weighted by Crippen LogP contribution is -2.51. The van der Waals surface area contributed by atoms with E-state index in [4.69, 9.17) is 11.6 Å². The van der Waals surface area contributed by atoms with Crippen LogP contribution in [-0.4, -0.2) is 46.9 Å². The molecular formula is C22H21ClF3N5O. The van der Waals surface area contributed by atoms with Crippen LogP contribution in [-0.2, 0) is 12.7 Å². The first kappa shape index (κ1) is 22.0. The molecule has 0 bridgehead atoms. The largest absolute Gasteiger partial charge is 0.435 e. The van der Waals surface area contributed by atoms with Crippen LogP contribution >= 0.6 is 11.6 Å². The van der Waals surface area contributed by atoms with Gasteiger partial charge in [-0.05, 0) is 36.4 Å². The van der Waals surface area contributed by atoms with E-state index in [0.29, 0.717) is 36.9 Å². The smallest absolute Gasteiger partial charge is 0.368 e. The molecule has 0 saturated carbocycles. The van der Waals surface area contributed by atoms with Crippen molar-refractivity contribution in [3.63, 3.8) is 0 Å². The third-order valence-corrected chi connectivity index (χ3v) is 5.47. The van der Waals surface area contributed by atoms with Crippen molar-refractivity contribution in [2.24, 2.45) is 0 Å². The Bertz CT molecular complexity index is 1080. The SMILES string of the molecule is O=C(NCc1cc(C(F)(F)F)nn1-c1cccc(Cl)c1)N1CCN(c2ccccc2)CC1. The highest BCUT2D eigenvalue weighted by molar-refractivity contribution is 6.30. The van der Waals surface area contributed by atoms with Crippen molar-refractivity contribution in [3.05, 3.63) is 77.1 Å². The van der Waals surface area contributed by atoms with Crippen molar-refractivity contribution in [1.29, 1.82) is 0 Å². The fourth-order valence-corrected chi connectivity index (χ4v) is 3.78. The number of anilines is 1. The maximum atomic E-state index is 13.2. The van der Waals surface area contributed by atoms with Gasteiger partial charge >= 0.3 is 12.2 Å². The van der Waals surface area contributed by atoms with Crippen molar-refractivity contribution in [2.45, 2.75) is 12.7 Å². The van der Waals surface area contributed by atoms with Gasteiger partial charge in [-0.2, -0.15) is 18.3 Å². The fraction of sp³-hybridized carbons (Fsp3) is 0.273. The number of para-hydroxylation sites is 1. The number of carbonyl (C=O) groups is 1. The summed E-state index contributed by atoms with van der Waals surface area (Å²) in [6, 6.07) is 16.9. The quantitative estimate of drug-likeness (QED) is 0.616. The molecule has 1 aromatic heterocycles. The van der Waals surface area contributed by atoms with Crippen molar-refractivity contribution < 1.29 is 18.0 Å². The molecule has 32 heavy (non-hydrogen) atoms. The average molecular weight is 464 g/mol. The molecule has 2 heterocycles. The van der Waals surface area contributed by atoms with E-state index in [-0.39, 0.29) is 18.3 Å². The Balaban J connectivity index is 1.43. The van der Waals surface area contributed by atoms with Gasteiger partial charge in [0, 0.05) is 36.9 Å². The highest BCUT2D eigenvalue weighted by atomic mass is 35.5. The predicted octanol–water partition coefficient (Wildman–Crippen LogP) is 4.58. The van der Waals surface area contributed by atoms with Gasteiger partial charge in [0.1, 0.15) is 0 Å². The van der Waals surface area contributed by atoms with Crippen LogP contribution in [0.1, 0.15) is 11.4 Å². The molecule has 6 nitrogen and oxygen atoms in total. The number of nitrogens with one attached hydrogen (secondary N) is 1. The van der Waals surface area contributed by atoms with E-state index in [9.17, 15) is 18.0 Å². The lowest BCUT2D eigenvalue weighted by atomic mass is 10.2. The number of amides is 2. The van der Waals surface area contributed by atoms with Gasteiger partial charge in [-0.25, -0.2) is 9.48 Å². The van der Waals surface area contributed by atoms with Crippen molar-refractivity contribution >= 4 is 23.3 Å². The molecule has 2 amide bonds. The molecular weight excluding hydrogens is 443 g/mol. The molecule has 4 rings (SSSR count). The van der Waals surface area contributed by atoms with Crippen LogP contribution in [0, 0.1) is 0 Å². The number of halogens is 4. The first-order valence-corrected chi connectivity index (χ1v) is 10.4. The summed E-state index contributed by atoms with van der Waals surface area (Å²) in [5.41, 5.74) is 0.653. The summed E-state index contributed by atoms with van der Waals surface area (Å²) >= 11 is 5.99. The Morgan fingerprint density at radius 1 is 0.969 bits per heavy atom. The molecule has 0 unspecified atom stereocenters. The average Bonchev–Trinajstić information content (AvgIpc) is 3.23. The number of nitrogens with zero attached hydrogens (tertiary/aromatic N) is 4. The summed E-state index contributed by atoms with van der Waals surface area (Å²) in [5.74, 6) is 0. The van der Waals surface area contributed by atoms with Crippen molar-refractivity contribution in [1.82, 2.24) is 20.0 Å². The van der Waals surface area contributed by atoms with E-state index in [2.05, 4.69) is 15.3 Å². The number of hydrogen-bond donors (Lipinski definition) is 1. The van der Waals surface area contributed by atoms with Crippen molar-refractivity contribution in [2.75, 3.05) is 31.1 Å². The number of urea groups is 1. The minimum absolute atomic E-state index is 0.104. The van der Waals surface area contributed by atoms with Crippen LogP contribution in [0.25, 0.3) is 5.69 Å². The Hall–Kier alpha value is -3.20. The van der Waals surface area contributed by atoms with Crippen molar-refractivity contribution in [3.8, 4) is 5.69 Å². The molecule has 1 saturated heterocycles. The maximum Gasteiger partial charge on any atom is 0.435 e. The third-order valence-electron chi connectivity index (χ3n) is 5.24. The summed E-state index contributed by atoms with van der Waals surface area (Å²) in [6.07, 6.45) is -4.60. The second-order valence-corrected chi connectivity index (χ2v) is 7.82. The number of benzene rings is 2. The zero-order valence-corrected chi connectivity index (χ0v) is 17.8. The minimum Gasteiger partial charge on any atom is -0.368 e. The summed E-state index contributed by atoms with van der Waals surface area (Å²) < 4.78 is 40.9. The number of hydrogen-bond acceptors (Lipinski definition) is 3. The molecule has 2 aromatic carbocycles. The lowest BCUT2D eigenvalue weighted by Gasteiger charge is -2.36. The van der Waals surface area contributed by atoms with E-state index in [1.165, 1.54) is 6.07 Å². The van der Waals surface area contributed by atoms with E-state index < -0.39 is 11.9 Å². The zero-order chi connectivity index (χ0) is 22.7. The monoisotopic (exact) mass is 463 g/mol. The van der Waals surface area contributed by atoms with Crippen LogP contribution in [0.5, 0.6) is 0 Å². The van der Waals surface area contributed by atoms with Gasteiger partial charge in [0.25, 0.3) is 0 Å². The number of aromatic nitrogens is 2. The van der Waals surface area contributed by atoms with E-state index in [1.807, 2.05) is 30.3 Å². The van der Waals surface area contributed by atoms with Gasteiger partial charge < -0.3 is 15.1 Å². The third kappa shape index (κ3) is 4.99. The highest BCUT2D eigenvalue weighted by Gasteiger charge is 2.35. The standard InChI is InChI=1S/C22H21ClF3N5O/c23-16-5-4-8-18(13-16)31-19(14-20(28-31)22(24,25)26)15-27-21(32)30-11-9-29(10-12-30)17-6-2-1-3-7-17/h1-8,13-14H,9-12,15H2,(H,27,32). The molecule has 1 N–H and O–H groups in total. The summed E-state index contributed by atoms with van der Waals surface area (Å²) in [4.78, 5) is 16.5. The van der Waals surface area contributed by atoms with Crippen LogP contribution in [0.3, 0.4) is 0 Å². The van der Waals surface area contributed by atoms with E-state index in [0.717, 1.165) is 16.4 Å². The second-order valence-electron chi connectivity index (χ2n) is 7.38. The molecule has 168 valence electrons. The Morgan fingerprint density at radius 3 is 2.31 bits per heavy atom. The maximum absolute atomic E-state index is 13.2. The van der Waals surface area contributed by atoms with E-state index >= 15 is 0 Å². The molecule has 0 spiro atoms. The summed E-state index contributed by atoms with van der Waals surface area (Å²) in [5, 5.41) is 6.78. The van der Waals surface area contributed by atoms with Crippen LogP contribution in [0.4, 0.5) is 23.7 Å². The van der Waals surface area contributed by atoms with Gasteiger partial charge in [-0.1, -0.05) is 35.9 Å². The fourth-order valence-electron chi connectivity index (χ4n) is 3.60. The Morgan fingerprint density at radius 2 is 1.66 bits per heavy atom. The molecule has 1 aliphatic rings. The molecule has 0 aliphatic carbocycles. The first-order valence-electron chi connectivity index (χ1n) is 10.1. The second kappa shape index (κ2) is 9.12. The number of rotatable bonds is 4. The van der Waals surface area contributed by atoms with Crippen LogP contribution in [0.2, 0.25) is 5.02 Å². The molecule has 1 fully saturated rings. The topological polar surface area (TPSA) is 53.4 Å². The molecule has 1 aliphatic heterocycles. The normalized spacial score (nSPS) is 14.5. The Labute approximate surface area is 188 Å². The van der Waals surface area contributed by atoms with Crippen LogP contribution < -0.4 is 10.2 Å². The number of piperazine rings is 1. The summed E-state index contributed by atoms with van der Waals surface area (Å²) in [7, 11) is 0. The highest BCUT2D eigenvalue weighted by Crippen LogP contribution is 2.30. The molecule has 0 atom stereocenters. The first-order chi connectivity index (χ1) is 15.3. The number of alkyl halides is 3. The van der Waals surface area contributed by atoms with Gasteiger partial charge in [0.15, 0.2) is 5.69 Å².